The highest BCUT2D eigenvalue weighted by atomic mass is 16.6. The van der Waals surface area contributed by atoms with Crippen molar-refractivity contribution in [1.82, 2.24) is 9.80 Å². The molecule has 0 aromatic carbocycles. The summed E-state index contributed by atoms with van der Waals surface area (Å²) in [6.45, 7) is 11.9. The molecular formula is C15H29N5O4. The first-order valence-electron chi connectivity index (χ1n) is 8.29. The Balaban J connectivity index is 2.02. The minimum atomic E-state index is -0.453. The van der Waals surface area contributed by atoms with Crippen LogP contribution in [0.15, 0.2) is 5.11 Å². The van der Waals surface area contributed by atoms with Gasteiger partial charge in [0, 0.05) is 44.2 Å². The lowest BCUT2D eigenvalue weighted by Crippen LogP contribution is -2.50. The van der Waals surface area contributed by atoms with Crippen molar-refractivity contribution in [3.05, 3.63) is 10.4 Å². The summed E-state index contributed by atoms with van der Waals surface area (Å²) in [6.07, 6.45) is -0.240. The lowest BCUT2D eigenvalue weighted by atomic mass is 10.2. The number of piperazine rings is 1. The van der Waals surface area contributed by atoms with Gasteiger partial charge in [0.25, 0.3) is 0 Å². The molecule has 0 aromatic rings. The van der Waals surface area contributed by atoms with Gasteiger partial charge in [-0.25, -0.2) is 4.79 Å². The van der Waals surface area contributed by atoms with E-state index in [1.54, 1.807) is 4.90 Å². The molecule has 0 radical (unpaired) electrons. The number of hydrogen-bond donors (Lipinski definition) is 0. The molecule has 1 aliphatic heterocycles. The highest BCUT2D eigenvalue weighted by Crippen LogP contribution is 2.11. The molecule has 0 saturated carbocycles. The van der Waals surface area contributed by atoms with Crippen LogP contribution in [0.25, 0.3) is 10.4 Å². The van der Waals surface area contributed by atoms with Crippen LogP contribution in [0.4, 0.5) is 4.79 Å². The quantitative estimate of drug-likeness (QED) is 0.275. The number of amides is 1. The summed E-state index contributed by atoms with van der Waals surface area (Å²) in [7, 11) is 0. The first-order chi connectivity index (χ1) is 11.4. The van der Waals surface area contributed by atoms with Crippen molar-refractivity contribution in [3.63, 3.8) is 0 Å². The van der Waals surface area contributed by atoms with Gasteiger partial charge >= 0.3 is 6.09 Å². The third-order valence-electron chi connectivity index (χ3n) is 3.35. The van der Waals surface area contributed by atoms with E-state index in [2.05, 4.69) is 14.9 Å². The SMILES string of the molecule is CC(C)(C)OC(=O)N1CCN(CCOCCOCCN=[N+]=[N-])CC1. The Morgan fingerprint density at radius 2 is 1.71 bits per heavy atom. The van der Waals surface area contributed by atoms with Gasteiger partial charge in [-0.3, -0.25) is 4.90 Å². The van der Waals surface area contributed by atoms with Gasteiger partial charge in [-0.05, 0) is 26.3 Å². The Kier molecular flexibility index (Phi) is 9.48. The van der Waals surface area contributed by atoms with Crippen molar-refractivity contribution in [2.75, 3.05) is 65.7 Å². The predicted octanol–water partition coefficient (Wildman–Crippen LogP) is 1.88. The normalized spacial score (nSPS) is 15.9. The fourth-order valence-corrected chi connectivity index (χ4v) is 2.15. The molecule has 0 aromatic heterocycles. The fourth-order valence-electron chi connectivity index (χ4n) is 2.15. The maximum atomic E-state index is 12.0. The topological polar surface area (TPSA) is 100 Å². The third-order valence-corrected chi connectivity index (χ3v) is 3.35. The van der Waals surface area contributed by atoms with Crippen LogP contribution in [0.1, 0.15) is 20.8 Å². The Morgan fingerprint density at radius 3 is 2.29 bits per heavy atom. The number of hydrogen-bond acceptors (Lipinski definition) is 6. The number of rotatable bonds is 9. The van der Waals surface area contributed by atoms with E-state index in [4.69, 9.17) is 19.7 Å². The first-order valence-corrected chi connectivity index (χ1v) is 8.29. The van der Waals surface area contributed by atoms with Gasteiger partial charge in [0.15, 0.2) is 0 Å². The van der Waals surface area contributed by atoms with Crippen LogP contribution in [0.2, 0.25) is 0 Å². The number of carbonyl (C=O) groups excluding carboxylic acids is 1. The zero-order chi connectivity index (χ0) is 17.8. The molecule has 1 rings (SSSR count). The summed E-state index contributed by atoms with van der Waals surface area (Å²) in [6, 6.07) is 0. The molecule has 0 aliphatic carbocycles. The fraction of sp³-hybridized carbons (Fsp3) is 0.933. The number of nitrogens with zero attached hydrogens (tertiary/aromatic N) is 5. The van der Waals surface area contributed by atoms with Crippen molar-refractivity contribution >= 4 is 6.09 Å². The number of carbonyl (C=O) groups is 1. The van der Waals surface area contributed by atoms with Crippen molar-refractivity contribution < 1.29 is 19.0 Å². The molecule has 0 atom stereocenters. The average molecular weight is 343 g/mol. The van der Waals surface area contributed by atoms with Crippen LogP contribution < -0.4 is 0 Å². The van der Waals surface area contributed by atoms with Crippen LogP contribution in [0.3, 0.4) is 0 Å². The Labute approximate surface area is 143 Å². The molecule has 0 unspecified atom stereocenters. The molecule has 24 heavy (non-hydrogen) atoms. The zero-order valence-electron chi connectivity index (χ0n) is 14.9. The van der Waals surface area contributed by atoms with Crippen molar-refractivity contribution in [2.24, 2.45) is 5.11 Å². The van der Waals surface area contributed by atoms with Gasteiger partial charge in [-0.15, -0.1) is 0 Å². The highest BCUT2D eigenvalue weighted by Gasteiger charge is 2.25. The van der Waals surface area contributed by atoms with E-state index in [0.717, 1.165) is 19.6 Å². The highest BCUT2D eigenvalue weighted by molar-refractivity contribution is 5.68. The lowest BCUT2D eigenvalue weighted by molar-refractivity contribution is 0.00844. The van der Waals surface area contributed by atoms with Gasteiger partial charge in [0.1, 0.15) is 5.60 Å². The Morgan fingerprint density at radius 1 is 1.08 bits per heavy atom. The largest absolute Gasteiger partial charge is 0.444 e. The smallest absolute Gasteiger partial charge is 0.410 e. The maximum absolute atomic E-state index is 12.0. The van der Waals surface area contributed by atoms with E-state index in [1.807, 2.05) is 20.8 Å². The minimum absolute atomic E-state index is 0.240. The molecule has 9 nitrogen and oxygen atoms in total. The number of azide groups is 1. The molecule has 1 fully saturated rings. The average Bonchev–Trinajstić information content (AvgIpc) is 2.52. The Bertz CT molecular complexity index is 413. The second-order valence-electron chi connectivity index (χ2n) is 6.49. The summed E-state index contributed by atoms with van der Waals surface area (Å²) in [4.78, 5) is 18.6. The molecule has 1 amide bonds. The molecular weight excluding hydrogens is 314 g/mol. The van der Waals surface area contributed by atoms with Crippen LogP contribution in [-0.2, 0) is 14.2 Å². The zero-order valence-corrected chi connectivity index (χ0v) is 14.9. The predicted molar refractivity (Wildman–Crippen MR) is 89.9 cm³/mol. The summed E-state index contributed by atoms with van der Waals surface area (Å²) < 4.78 is 16.1. The van der Waals surface area contributed by atoms with E-state index in [0.29, 0.717) is 46.1 Å². The van der Waals surface area contributed by atoms with Gasteiger partial charge in [-0.1, -0.05) is 5.11 Å². The summed E-state index contributed by atoms with van der Waals surface area (Å²) in [5.74, 6) is 0. The first kappa shape index (κ1) is 20.5. The molecule has 0 N–H and O–H groups in total. The lowest BCUT2D eigenvalue weighted by Gasteiger charge is -2.35. The van der Waals surface area contributed by atoms with Crippen LogP contribution in [0, 0.1) is 0 Å². The van der Waals surface area contributed by atoms with Gasteiger partial charge in [0.2, 0.25) is 0 Å². The molecule has 1 heterocycles. The van der Waals surface area contributed by atoms with Crippen LogP contribution >= 0.6 is 0 Å². The summed E-state index contributed by atoms with van der Waals surface area (Å²) in [5, 5.41) is 3.38. The van der Waals surface area contributed by atoms with E-state index >= 15 is 0 Å². The van der Waals surface area contributed by atoms with Crippen molar-refractivity contribution in [1.29, 1.82) is 0 Å². The van der Waals surface area contributed by atoms with E-state index < -0.39 is 5.60 Å². The van der Waals surface area contributed by atoms with E-state index in [1.165, 1.54) is 0 Å². The van der Waals surface area contributed by atoms with E-state index in [-0.39, 0.29) is 6.09 Å². The number of ether oxygens (including phenoxy) is 3. The van der Waals surface area contributed by atoms with Crippen LogP contribution in [-0.4, -0.2) is 87.2 Å². The molecule has 0 spiro atoms. The van der Waals surface area contributed by atoms with Gasteiger partial charge < -0.3 is 19.1 Å². The monoisotopic (exact) mass is 343 g/mol. The molecule has 1 saturated heterocycles. The summed E-state index contributed by atoms with van der Waals surface area (Å²) >= 11 is 0. The van der Waals surface area contributed by atoms with Gasteiger partial charge in [-0.2, -0.15) is 0 Å². The molecule has 0 bridgehead atoms. The summed E-state index contributed by atoms with van der Waals surface area (Å²) in [5.41, 5.74) is 7.65. The second-order valence-corrected chi connectivity index (χ2v) is 6.49. The molecule has 1 aliphatic rings. The molecule has 9 heteroatoms. The Hall–Kier alpha value is -1.54. The van der Waals surface area contributed by atoms with Gasteiger partial charge in [0.05, 0.1) is 26.4 Å². The van der Waals surface area contributed by atoms with Crippen LogP contribution in [0.5, 0.6) is 0 Å². The third kappa shape index (κ3) is 9.57. The van der Waals surface area contributed by atoms with Crippen molar-refractivity contribution in [2.45, 2.75) is 26.4 Å². The van der Waals surface area contributed by atoms with Crippen molar-refractivity contribution in [3.8, 4) is 0 Å². The maximum Gasteiger partial charge on any atom is 0.410 e. The van der Waals surface area contributed by atoms with E-state index in [9.17, 15) is 4.79 Å². The minimum Gasteiger partial charge on any atom is -0.444 e. The standard InChI is InChI=1S/C15H29N5O4/c1-15(2,3)24-14(21)20-7-5-19(6-8-20)9-11-23-13-12-22-10-4-17-18-16/h4-13H2,1-3H3. The molecule has 138 valence electrons. The second kappa shape index (κ2) is 11.1.